The van der Waals surface area contributed by atoms with E-state index in [1.807, 2.05) is 70.9 Å². The number of aryl methyl sites for hydroxylation is 1. The molecule has 0 saturated heterocycles. The summed E-state index contributed by atoms with van der Waals surface area (Å²) in [5, 5.41) is 9.37. The first-order chi connectivity index (χ1) is 14.2. The zero-order chi connectivity index (χ0) is 20.2. The van der Waals surface area contributed by atoms with E-state index in [0.717, 1.165) is 17.1 Å². The van der Waals surface area contributed by atoms with Crippen molar-refractivity contribution in [1.29, 1.82) is 0 Å². The molecule has 0 spiro atoms. The maximum absolute atomic E-state index is 12.6. The van der Waals surface area contributed by atoms with Crippen LogP contribution in [0.4, 0.5) is 0 Å². The Morgan fingerprint density at radius 1 is 1.17 bits per heavy atom. The SMILES string of the molecule is COc1cccc(-c2nnc(SCC(=O)c3cccn3C)n2Cc2ccco2)c1. The second-order valence-corrected chi connectivity index (χ2v) is 7.36. The van der Waals surface area contributed by atoms with Crippen molar-refractivity contribution < 1.29 is 13.9 Å². The maximum Gasteiger partial charge on any atom is 0.192 e. The molecule has 0 atom stereocenters. The minimum atomic E-state index is 0.0398. The molecule has 0 radical (unpaired) electrons. The van der Waals surface area contributed by atoms with Crippen molar-refractivity contribution in [3.05, 3.63) is 72.4 Å². The normalized spacial score (nSPS) is 11.0. The van der Waals surface area contributed by atoms with E-state index in [9.17, 15) is 4.79 Å². The van der Waals surface area contributed by atoms with E-state index in [-0.39, 0.29) is 11.5 Å². The van der Waals surface area contributed by atoms with Crippen LogP contribution >= 0.6 is 11.8 Å². The molecule has 3 heterocycles. The zero-order valence-electron chi connectivity index (χ0n) is 16.1. The van der Waals surface area contributed by atoms with Crippen molar-refractivity contribution in [2.75, 3.05) is 12.9 Å². The molecule has 0 unspecified atom stereocenters. The van der Waals surface area contributed by atoms with Gasteiger partial charge in [0.05, 0.1) is 31.4 Å². The summed E-state index contributed by atoms with van der Waals surface area (Å²) in [7, 11) is 3.49. The maximum atomic E-state index is 12.6. The minimum absolute atomic E-state index is 0.0398. The molecule has 3 aromatic heterocycles. The van der Waals surface area contributed by atoms with Gasteiger partial charge in [0, 0.05) is 18.8 Å². The molecule has 0 aliphatic heterocycles. The highest BCUT2D eigenvalue weighted by atomic mass is 32.2. The van der Waals surface area contributed by atoms with Crippen LogP contribution in [0.25, 0.3) is 11.4 Å². The van der Waals surface area contributed by atoms with Gasteiger partial charge in [-0.15, -0.1) is 10.2 Å². The number of methoxy groups -OCH3 is 1. The van der Waals surface area contributed by atoms with Gasteiger partial charge in [-0.2, -0.15) is 0 Å². The van der Waals surface area contributed by atoms with Crippen molar-refractivity contribution in [2.24, 2.45) is 7.05 Å². The first-order valence-electron chi connectivity index (χ1n) is 9.03. The van der Waals surface area contributed by atoms with Crippen LogP contribution in [0.5, 0.6) is 5.75 Å². The highest BCUT2D eigenvalue weighted by Gasteiger charge is 2.18. The van der Waals surface area contributed by atoms with Crippen molar-refractivity contribution in [3.63, 3.8) is 0 Å². The van der Waals surface area contributed by atoms with E-state index < -0.39 is 0 Å². The van der Waals surface area contributed by atoms with E-state index in [2.05, 4.69) is 10.2 Å². The first kappa shape index (κ1) is 19.1. The fraction of sp³-hybridized carbons (Fsp3) is 0.190. The standard InChI is InChI=1S/C21H20N4O3S/c1-24-10-4-9-18(24)19(26)14-29-21-23-22-20(15-6-3-7-16(12-15)27-2)25(21)13-17-8-5-11-28-17/h3-12H,13-14H2,1-2H3. The Bertz CT molecular complexity index is 1110. The number of ketones is 1. The molecular formula is C21H20N4O3S. The number of hydrogen-bond acceptors (Lipinski definition) is 6. The van der Waals surface area contributed by atoms with Gasteiger partial charge < -0.3 is 13.7 Å². The lowest BCUT2D eigenvalue weighted by Gasteiger charge is -2.09. The third kappa shape index (κ3) is 4.12. The van der Waals surface area contributed by atoms with E-state index >= 15 is 0 Å². The van der Waals surface area contributed by atoms with E-state index in [0.29, 0.717) is 23.2 Å². The Morgan fingerprint density at radius 2 is 2.07 bits per heavy atom. The van der Waals surface area contributed by atoms with E-state index in [1.54, 1.807) is 13.4 Å². The van der Waals surface area contributed by atoms with Gasteiger partial charge in [0.25, 0.3) is 0 Å². The number of rotatable bonds is 8. The van der Waals surface area contributed by atoms with Gasteiger partial charge in [0.15, 0.2) is 16.8 Å². The molecule has 0 saturated carbocycles. The number of carbonyl (C=O) groups excluding carboxylic acids is 1. The number of ether oxygens (including phenoxy) is 1. The van der Waals surface area contributed by atoms with Crippen LogP contribution in [-0.2, 0) is 13.6 Å². The zero-order valence-corrected chi connectivity index (χ0v) is 16.9. The number of carbonyl (C=O) groups is 1. The summed E-state index contributed by atoms with van der Waals surface area (Å²) in [6.45, 7) is 0.465. The van der Waals surface area contributed by atoms with E-state index in [1.165, 1.54) is 11.8 Å². The number of benzene rings is 1. The summed E-state index contributed by atoms with van der Waals surface area (Å²) in [5.41, 5.74) is 1.55. The number of aromatic nitrogens is 4. The van der Waals surface area contributed by atoms with Crippen LogP contribution < -0.4 is 4.74 Å². The summed E-state index contributed by atoms with van der Waals surface area (Å²) < 4.78 is 14.6. The molecule has 0 amide bonds. The lowest BCUT2D eigenvalue weighted by Crippen LogP contribution is -2.09. The van der Waals surface area contributed by atoms with Gasteiger partial charge in [-0.3, -0.25) is 9.36 Å². The number of Topliss-reactive ketones (excluding diaryl/α,β-unsaturated/α-hetero) is 1. The van der Waals surface area contributed by atoms with Gasteiger partial charge in [-0.1, -0.05) is 23.9 Å². The van der Waals surface area contributed by atoms with Gasteiger partial charge >= 0.3 is 0 Å². The van der Waals surface area contributed by atoms with Crippen LogP contribution in [0.1, 0.15) is 16.2 Å². The lowest BCUT2D eigenvalue weighted by molar-refractivity contribution is 0.101. The largest absolute Gasteiger partial charge is 0.497 e. The van der Waals surface area contributed by atoms with Crippen molar-refractivity contribution >= 4 is 17.5 Å². The molecule has 8 heteroatoms. The van der Waals surface area contributed by atoms with Crippen LogP contribution in [0, 0.1) is 0 Å². The minimum Gasteiger partial charge on any atom is -0.497 e. The molecule has 0 aliphatic rings. The lowest BCUT2D eigenvalue weighted by atomic mass is 10.2. The Hall–Kier alpha value is -3.26. The Kier molecular flexibility index (Phi) is 5.53. The van der Waals surface area contributed by atoms with Crippen molar-refractivity contribution in [1.82, 2.24) is 19.3 Å². The number of hydrogen-bond donors (Lipinski definition) is 0. The summed E-state index contributed by atoms with van der Waals surface area (Å²) in [6, 6.07) is 15.1. The molecular weight excluding hydrogens is 388 g/mol. The van der Waals surface area contributed by atoms with E-state index in [4.69, 9.17) is 9.15 Å². The number of nitrogens with zero attached hydrogens (tertiary/aromatic N) is 4. The molecule has 0 aliphatic carbocycles. The number of furan rings is 1. The average molecular weight is 408 g/mol. The topological polar surface area (TPSA) is 75.1 Å². The second kappa shape index (κ2) is 8.40. The summed E-state index contributed by atoms with van der Waals surface area (Å²) in [4.78, 5) is 12.6. The smallest absolute Gasteiger partial charge is 0.192 e. The van der Waals surface area contributed by atoms with Gasteiger partial charge in [-0.25, -0.2) is 0 Å². The predicted molar refractivity (Wildman–Crippen MR) is 110 cm³/mol. The molecule has 0 N–H and O–H groups in total. The third-order valence-electron chi connectivity index (χ3n) is 4.50. The van der Waals surface area contributed by atoms with Crippen LogP contribution in [0.3, 0.4) is 0 Å². The van der Waals surface area contributed by atoms with Crippen LogP contribution in [0.15, 0.2) is 70.6 Å². The molecule has 4 rings (SSSR count). The highest BCUT2D eigenvalue weighted by Crippen LogP contribution is 2.28. The van der Waals surface area contributed by atoms with Gasteiger partial charge in [-0.05, 0) is 36.4 Å². The Labute approximate surface area is 172 Å². The predicted octanol–water partition coefficient (Wildman–Crippen LogP) is 3.91. The monoisotopic (exact) mass is 408 g/mol. The molecule has 1 aromatic carbocycles. The highest BCUT2D eigenvalue weighted by molar-refractivity contribution is 7.99. The summed E-state index contributed by atoms with van der Waals surface area (Å²) >= 11 is 1.36. The fourth-order valence-corrected chi connectivity index (χ4v) is 3.84. The molecule has 0 fully saturated rings. The van der Waals surface area contributed by atoms with Crippen LogP contribution in [0.2, 0.25) is 0 Å². The third-order valence-corrected chi connectivity index (χ3v) is 5.47. The quantitative estimate of drug-likeness (QED) is 0.325. The molecule has 4 aromatic rings. The van der Waals surface area contributed by atoms with Crippen molar-refractivity contribution in [2.45, 2.75) is 11.7 Å². The molecule has 29 heavy (non-hydrogen) atoms. The summed E-state index contributed by atoms with van der Waals surface area (Å²) in [6.07, 6.45) is 3.49. The van der Waals surface area contributed by atoms with Gasteiger partial charge in [0.2, 0.25) is 0 Å². The molecule has 0 bridgehead atoms. The summed E-state index contributed by atoms with van der Waals surface area (Å²) in [5.74, 6) is 2.52. The first-order valence-corrected chi connectivity index (χ1v) is 10.0. The molecule has 7 nitrogen and oxygen atoms in total. The second-order valence-electron chi connectivity index (χ2n) is 6.42. The Balaban J connectivity index is 1.63. The van der Waals surface area contributed by atoms with Crippen molar-refractivity contribution in [3.8, 4) is 17.1 Å². The van der Waals surface area contributed by atoms with Crippen LogP contribution in [-0.4, -0.2) is 38.0 Å². The average Bonchev–Trinajstić information content (AvgIpc) is 3.48. The molecule has 148 valence electrons. The number of thioether (sulfide) groups is 1. The Morgan fingerprint density at radius 3 is 2.79 bits per heavy atom. The fourth-order valence-electron chi connectivity index (χ4n) is 3.03. The van der Waals surface area contributed by atoms with Gasteiger partial charge in [0.1, 0.15) is 11.5 Å².